The SMILES string of the molecule is CNC[C@H]1CC[C@H](C(=O)N2CCC[C@@H]([C@@](O)(CCCNC(=O)OC)c3cncc(Cl)c3-c3cccc(C(C)C)c3)C2)CC1. The monoisotopic (exact) mass is 612 g/mol. The molecule has 2 amide bonds. The Morgan fingerprint density at radius 2 is 1.95 bits per heavy atom. The fraction of sp³-hybridized carbons (Fsp3) is 0.618. The predicted octanol–water partition coefficient (Wildman–Crippen LogP) is 6.11. The van der Waals surface area contributed by atoms with Gasteiger partial charge in [-0.15, -0.1) is 0 Å². The molecule has 1 saturated heterocycles. The number of hydrogen-bond donors (Lipinski definition) is 3. The first-order chi connectivity index (χ1) is 20.7. The van der Waals surface area contributed by atoms with Gasteiger partial charge in [0, 0.05) is 55.0 Å². The molecule has 0 radical (unpaired) electrons. The smallest absolute Gasteiger partial charge is 0.406 e. The lowest BCUT2D eigenvalue weighted by molar-refractivity contribution is -0.142. The highest BCUT2D eigenvalue weighted by molar-refractivity contribution is 6.33. The van der Waals surface area contributed by atoms with Gasteiger partial charge in [0.1, 0.15) is 0 Å². The van der Waals surface area contributed by atoms with E-state index in [1.807, 2.05) is 24.1 Å². The van der Waals surface area contributed by atoms with E-state index >= 15 is 0 Å². The normalized spacial score (nSPS) is 22.2. The number of methoxy groups -OCH3 is 1. The Morgan fingerprint density at radius 3 is 2.65 bits per heavy atom. The molecule has 1 aliphatic carbocycles. The summed E-state index contributed by atoms with van der Waals surface area (Å²) in [6, 6.07) is 8.29. The number of amides is 2. The topological polar surface area (TPSA) is 104 Å². The van der Waals surface area contributed by atoms with Crippen molar-refractivity contribution in [2.24, 2.45) is 17.8 Å². The first kappa shape index (κ1) is 33.2. The Balaban J connectivity index is 1.64. The second kappa shape index (κ2) is 15.4. The van der Waals surface area contributed by atoms with E-state index in [-0.39, 0.29) is 17.7 Å². The number of piperidine rings is 1. The number of pyridine rings is 1. The summed E-state index contributed by atoms with van der Waals surface area (Å²) in [5.74, 6) is 1.02. The standard InChI is InChI=1S/C34H49ClN4O4/c1-23(2)26-8-5-9-27(18-26)31-29(20-37-21-30(31)35)34(42,15-7-16-38-33(41)43-4)28-10-6-17-39(22-28)32(40)25-13-11-24(12-14-25)19-36-3/h5,8-9,18,20-21,23-25,28,36,42H,6-7,10-17,19,22H2,1-4H3,(H,38,41)/t24-,25-,28-,34+/m1/s1. The van der Waals surface area contributed by atoms with Crippen molar-refractivity contribution >= 4 is 23.6 Å². The molecular formula is C34H49ClN4O4. The Labute approximate surface area is 261 Å². The zero-order valence-electron chi connectivity index (χ0n) is 26.2. The van der Waals surface area contributed by atoms with Gasteiger partial charge in [-0.25, -0.2) is 4.79 Å². The van der Waals surface area contributed by atoms with Gasteiger partial charge in [-0.3, -0.25) is 9.78 Å². The fourth-order valence-electron chi connectivity index (χ4n) is 7.02. The van der Waals surface area contributed by atoms with Crippen LogP contribution < -0.4 is 10.6 Å². The summed E-state index contributed by atoms with van der Waals surface area (Å²) < 4.78 is 4.74. The third-order valence-corrected chi connectivity index (χ3v) is 9.78. The van der Waals surface area contributed by atoms with Crippen molar-refractivity contribution in [3.8, 4) is 11.1 Å². The van der Waals surface area contributed by atoms with Crippen LogP contribution in [-0.4, -0.2) is 67.3 Å². The second-order valence-corrected chi connectivity index (χ2v) is 13.1. The minimum Gasteiger partial charge on any atom is -0.453 e. The molecule has 4 rings (SSSR count). The Morgan fingerprint density at radius 1 is 1.19 bits per heavy atom. The average Bonchev–Trinajstić information content (AvgIpc) is 3.03. The Bertz CT molecular complexity index is 1230. The Hall–Kier alpha value is -2.68. The maximum absolute atomic E-state index is 13.8. The number of carbonyl (C=O) groups excluding carboxylic acids is 2. The number of nitrogens with one attached hydrogen (secondary N) is 2. The number of hydrogen-bond acceptors (Lipinski definition) is 6. The molecule has 2 heterocycles. The number of halogens is 1. The highest BCUT2D eigenvalue weighted by atomic mass is 35.5. The molecule has 8 nitrogen and oxygen atoms in total. The van der Waals surface area contributed by atoms with Crippen LogP contribution in [-0.2, 0) is 15.1 Å². The van der Waals surface area contributed by atoms with Crippen LogP contribution in [0.15, 0.2) is 36.7 Å². The van der Waals surface area contributed by atoms with Gasteiger partial charge in [-0.1, -0.05) is 49.7 Å². The van der Waals surface area contributed by atoms with Gasteiger partial charge < -0.3 is 25.4 Å². The van der Waals surface area contributed by atoms with Gasteiger partial charge in [0.15, 0.2) is 0 Å². The van der Waals surface area contributed by atoms with Crippen molar-refractivity contribution in [2.75, 3.05) is 40.3 Å². The van der Waals surface area contributed by atoms with E-state index in [1.165, 1.54) is 12.7 Å². The quantitative estimate of drug-likeness (QED) is 0.264. The van der Waals surface area contributed by atoms with Gasteiger partial charge in [-0.2, -0.15) is 0 Å². The zero-order chi connectivity index (χ0) is 31.0. The molecule has 43 heavy (non-hydrogen) atoms. The summed E-state index contributed by atoms with van der Waals surface area (Å²) in [5, 5.41) is 19.3. The number of rotatable bonds is 11. The van der Waals surface area contributed by atoms with Crippen molar-refractivity contribution in [3.05, 3.63) is 52.8 Å². The van der Waals surface area contributed by atoms with Gasteiger partial charge in [0.2, 0.25) is 5.91 Å². The van der Waals surface area contributed by atoms with Crippen molar-refractivity contribution in [1.29, 1.82) is 0 Å². The highest BCUT2D eigenvalue weighted by Crippen LogP contribution is 2.46. The van der Waals surface area contributed by atoms with Gasteiger partial charge >= 0.3 is 6.09 Å². The van der Waals surface area contributed by atoms with E-state index in [9.17, 15) is 14.7 Å². The number of ether oxygens (including phenoxy) is 1. The van der Waals surface area contributed by atoms with E-state index in [1.54, 1.807) is 12.4 Å². The molecule has 3 N–H and O–H groups in total. The van der Waals surface area contributed by atoms with Gasteiger partial charge in [-0.05, 0) is 87.9 Å². The lowest BCUT2D eigenvalue weighted by Crippen LogP contribution is -2.50. The van der Waals surface area contributed by atoms with Crippen LogP contribution in [0.2, 0.25) is 5.02 Å². The molecule has 1 aromatic heterocycles. The highest BCUT2D eigenvalue weighted by Gasteiger charge is 2.44. The van der Waals surface area contributed by atoms with Gasteiger partial charge in [0.05, 0.1) is 17.7 Å². The number of nitrogens with zero attached hydrogens (tertiary/aromatic N) is 2. The van der Waals surface area contributed by atoms with E-state index in [4.69, 9.17) is 16.3 Å². The van der Waals surface area contributed by atoms with Crippen molar-refractivity contribution < 1.29 is 19.4 Å². The molecule has 1 aliphatic heterocycles. The summed E-state index contributed by atoms with van der Waals surface area (Å²) in [5.41, 5.74) is 2.24. The van der Waals surface area contributed by atoms with Crippen molar-refractivity contribution in [2.45, 2.75) is 76.7 Å². The molecule has 236 valence electrons. The number of carbonyl (C=O) groups is 2. The third kappa shape index (κ3) is 8.08. The maximum Gasteiger partial charge on any atom is 0.406 e. The first-order valence-electron chi connectivity index (χ1n) is 15.9. The average molecular weight is 613 g/mol. The van der Waals surface area contributed by atoms with Crippen LogP contribution in [0.5, 0.6) is 0 Å². The summed E-state index contributed by atoms with van der Waals surface area (Å²) in [4.78, 5) is 31.9. The first-order valence-corrected chi connectivity index (χ1v) is 16.3. The molecule has 0 bridgehead atoms. The zero-order valence-corrected chi connectivity index (χ0v) is 27.0. The number of aliphatic hydroxyl groups is 1. The van der Waals surface area contributed by atoms with Crippen molar-refractivity contribution in [1.82, 2.24) is 20.5 Å². The van der Waals surface area contributed by atoms with E-state index in [0.29, 0.717) is 54.9 Å². The predicted molar refractivity (Wildman–Crippen MR) is 171 cm³/mol. The molecule has 2 atom stereocenters. The summed E-state index contributed by atoms with van der Waals surface area (Å²) >= 11 is 6.86. The Kier molecular flexibility index (Phi) is 11.9. The van der Waals surface area contributed by atoms with Crippen LogP contribution >= 0.6 is 11.6 Å². The van der Waals surface area contributed by atoms with Crippen LogP contribution in [0.25, 0.3) is 11.1 Å². The second-order valence-electron chi connectivity index (χ2n) is 12.7. The fourth-order valence-corrected chi connectivity index (χ4v) is 7.28. The largest absolute Gasteiger partial charge is 0.453 e. The van der Waals surface area contributed by atoms with Crippen LogP contribution in [0.4, 0.5) is 4.79 Å². The van der Waals surface area contributed by atoms with Crippen LogP contribution in [0, 0.1) is 17.8 Å². The van der Waals surface area contributed by atoms with Gasteiger partial charge in [0.25, 0.3) is 0 Å². The minimum atomic E-state index is -1.32. The third-order valence-electron chi connectivity index (χ3n) is 9.49. The molecule has 2 aliphatic rings. The maximum atomic E-state index is 13.8. The molecule has 9 heteroatoms. The van der Waals surface area contributed by atoms with E-state index < -0.39 is 11.7 Å². The number of benzene rings is 1. The molecule has 2 aromatic rings. The van der Waals surface area contributed by atoms with Crippen molar-refractivity contribution in [3.63, 3.8) is 0 Å². The molecule has 0 unspecified atom stereocenters. The molecule has 1 aromatic carbocycles. The number of aromatic nitrogens is 1. The molecule has 2 fully saturated rings. The molecule has 0 spiro atoms. The van der Waals surface area contributed by atoms with Crippen LogP contribution in [0.1, 0.15) is 82.3 Å². The lowest BCUT2D eigenvalue weighted by atomic mass is 9.72. The molecular weight excluding hydrogens is 564 g/mol. The molecule has 1 saturated carbocycles. The summed E-state index contributed by atoms with van der Waals surface area (Å²) in [6.45, 7) is 6.85. The number of alkyl carbamates (subject to hydrolysis) is 1. The van der Waals surface area contributed by atoms with E-state index in [0.717, 1.165) is 56.2 Å². The summed E-state index contributed by atoms with van der Waals surface area (Å²) in [7, 11) is 3.32. The van der Waals surface area contributed by atoms with E-state index in [2.05, 4.69) is 41.6 Å². The summed E-state index contributed by atoms with van der Waals surface area (Å²) in [6.07, 6.45) is 9.33. The number of likely N-dealkylation sites (tertiary alicyclic amines) is 1. The minimum absolute atomic E-state index is 0.0476. The lowest BCUT2D eigenvalue weighted by Gasteiger charge is -2.44. The van der Waals surface area contributed by atoms with Crippen LogP contribution in [0.3, 0.4) is 0 Å².